The van der Waals surface area contributed by atoms with Crippen molar-refractivity contribution in [1.82, 2.24) is 20.4 Å². The molecule has 2 N–H and O–H groups in total. The highest BCUT2D eigenvalue weighted by Crippen LogP contribution is 1.97. The smallest absolute Gasteiger partial charge is 0.271 e. The fourth-order valence-corrected chi connectivity index (χ4v) is 1.42. The second kappa shape index (κ2) is 6.18. The van der Waals surface area contributed by atoms with E-state index in [1.165, 1.54) is 4.68 Å². The zero-order valence-electron chi connectivity index (χ0n) is 11.2. The summed E-state index contributed by atoms with van der Waals surface area (Å²) in [5.74, 6) is -0.350. The molecule has 0 aliphatic rings. The zero-order chi connectivity index (χ0) is 13.7. The van der Waals surface area contributed by atoms with Crippen LogP contribution in [0.3, 0.4) is 0 Å². The standard InChI is InChI=1S/C12H20N4O2/c1-8(2)13-11(17)7-16-6-5-10(15-16)12(18)14-9(3)4/h5-6,8-9H,7H2,1-4H3,(H,13,17)(H,14,18). The molecule has 0 saturated carbocycles. The first-order valence-corrected chi connectivity index (χ1v) is 6.02. The topological polar surface area (TPSA) is 76.0 Å². The SMILES string of the molecule is CC(C)NC(=O)Cn1ccc(C(=O)NC(C)C)n1. The second-order valence-corrected chi connectivity index (χ2v) is 4.75. The van der Waals surface area contributed by atoms with Gasteiger partial charge in [-0.3, -0.25) is 14.3 Å². The van der Waals surface area contributed by atoms with Gasteiger partial charge < -0.3 is 10.6 Å². The first kappa shape index (κ1) is 14.2. The first-order valence-electron chi connectivity index (χ1n) is 6.02. The van der Waals surface area contributed by atoms with E-state index in [2.05, 4.69) is 15.7 Å². The molecule has 1 rings (SSSR count). The van der Waals surface area contributed by atoms with Gasteiger partial charge in [0.2, 0.25) is 5.91 Å². The highest BCUT2D eigenvalue weighted by atomic mass is 16.2. The molecule has 1 heterocycles. The third kappa shape index (κ3) is 4.57. The van der Waals surface area contributed by atoms with Gasteiger partial charge in [-0.15, -0.1) is 0 Å². The Morgan fingerprint density at radius 1 is 1.22 bits per heavy atom. The lowest BCUT2D eigenvalue weighted by Gasteiger charge is -2.08. The minimum absolute atomic E-state index is 0.0619. The number of hydrogen-bond donors (Lipinski definition) is 2. The molecule has 6 nitrogen and oxygen atoms in total. The Balaban J connectivity index is 2.58. The minimum Gasteiger partial charge on any atom is -0.352 e. The Bertz CT molecular complexity index is 423. The summed E-state index contributed by atoms with van der Waals surface area (Å²) in [7, 11) is 0. The van der Waals surface area contributed by atoms with Crippen LogP contribution in [0.5, 0.6) is 0 Å². The molecule has 0 unspecified atom stereocenters. The van der Waals surface area contributed by atoms with E-state index in [-0.39, 0.29) is 30.4 Å². The van der Waals surface area contributed by atoms with Crippen molar-refractivity contribution in [3.05, 3.63) is 18.0 Å². The minimum atomic E-state index is -0.229. The van der Waals surface area contributed by atoms with Crippen molar-refractivity contribution in [2.45, 2.75) is 46.3 Å². The molecule has 1 aromatic heterocycles. The summed E-state index contributed by atoms with van der Waals surface area (Å²) in [5.41, 5.74) is 0.320. The normalized spacial score (nSPS) is 10.8. The van der Waals surface area contributed by atoms with E-state index < -0.39 is 0 Å². The molecule has 0 atom stereocenters. The summed E-state index contributed by atoms with van der Waals surface area (Å²) in [5, 5.41) is 9.56. The van der Waals surface area contributed by atoms with Gasteiger partial charge in [-0.05, 0) is 33.8 Å². The van der Waals surface area contributed by atoms with Gasteiger partial charge in [-0.1, -0.05) is 0 Å². The van der Waals surface area contributed by atoms with Gasteiger partial charge in [0.1, 0.15) is 12.2 Å². The van der Waals surface area contributed by atoms with Gasteiger partial charge in [0, 0.05) is 18.3 Å². The van der Waals surface area contributed by atoms with Gasteiger partial charge in [-0.2, -0.15) is 5.10 Å². The van der Waals surface area contributed by atoms with Crippen LogP contribution in [0.2, 0.25) is 0 Å². The number of carbonyl (C=O) groups excluding carboxylic acids is 2. The first-order chi connectivity index (χ1) is 8.38. The molecular weight excluding hydrogens is 232 g/mol. The van der Waals surface area contributed by atoms with Crippen molar-refractivity contribution in [2.24, 2.45) is 0 Å². The number of amides is 2. The summed E-state index contributed by atoms with van der Waals surface area (Å²) in [6, 6.07) is 1.75. The highest BCUT2D eigenvalue weighted by Gasteiger charge is 2.11. The van der Waals surface area contributed by atoms with Crippen molar-refractivity contribution in [3.63, 3.8) is 0 Å². The van der Waals surface area contributed by atoms with Crippen LogP contribution in [0.15, 0.2) is 12.3 Å². The lowest BCUT2D eigenvalue weighted by Crippen LogP contribution is -2.33. The van der Waals surface area contributed by atoms with E-state index in [1.54, 1.807) is 12.3 Å². The Labute approximate surface area is 107 Å². The average Bonchev–Trinajstić information content (AvgIpc) is 2.63. The van der Waals surface area contributed by atoms with Crippen LogP contribution >= 0.6 is 0 Å². The van der Waals surface area contributed by atoms with Gasteiger partial charge in [0.05, 0.1) is 0 Å². The maximum Gasteiger partial charge on any atom is 0.271 e. The molecule has 0 aromatic carbocycles. The van der Waals surface area contributed by atoms with Crippen molar-refractivity contribution in [2.75, 3.05) is 0 Å². The average molecular weight is 252 g/mol. The molecule has 6 heteroatoms. The largest absolute Gasteiger partial charge is 0.352 e. The predicted octanol–water partition coefficient (Wildman–Crippen LogP) is 0.546. The number of hydrogen-bond acceptors (Lipinski definition) is 3. The maximum absolute atomic E-state index is 11.6. The third-order valence-electron chi connectivity index (χ3n) is 2.05. The number of aromatic nitrogens is 2. The van der Waals surface area contributed by atoms with Crippen LogP contribution in [-0.4, -0.2) is 33.7 Å². The quantitative estimate of drug-likeness (QED) is 0.803. The molecule has 1 aromatic rings. The van der Waals surface area contributed by atoms with Crippen LogP contribution in [0.4, 0.5) is 0 Å². The Morgan fingerprint density at radius 3 is 2.39 bits per heavy atom. The molecule has 0 saturated heterocycles. The monoisotopic (exact) mass is 252 g/mol. The number of nitrogens with one attached hydrogen (secondary N) is 2. The van der Waals surface area contributed by atoms with E-state index in [0.29, 0.717) is 5.69 Å². The number of nitrogens with zero attached hydrogens (tertiary/aromatic N) is 2. The molecule has 0 aliphatic heterocycles. The van der Waals surface area contributed by atoms with Crippen LogP contribution < -0.4 is 10.6 Å². The number of rotatable bonds is 5. The summed E-state index contributed by atoms with van der Waals surface area (Å²) >= 11 is 0. The van der Waals surface area contributed by atoms with Crippen molar-refractivity contribution >= 4 is 11.8 Å². The summed E-state index contributed by atoms with van der Waals surface area (Å²) in [6.07, 6.45) is 1.62. The van der Waals surface area contributed by atoms with E-state index in [9.17, 15) is 9.59 Å². The van der Waals surface area contributed by atoms with Crippen molar-refractivity contribution in [1.29, 1.82) is 0 Å². The molecule has 0 aliphatic carbocycles. The van der Waals surface area contributed by atoms with Crippen LogP contribution in [-0.2, 0) is 11.3 Å². The van der Waals surface area contributed by atoms with Gasteiger partial charge >= 0.3 is 0 Å². The lowest BCUT2D eigenvalue weighted by molar-refractivity contribution is -0.122. The van der Waals surface area contributed by atoms with E-state index in [0.717, 1.165) is 0 Å². The lowest BCUT2D eigenvalue weighted by atomic mass is 10.3. The molecule has 0 spiro atoms. The Hall–Kier alpha value is -1.85. The molecule has 0 radical (unpaired) electrons. The van der Waals surface area contributed by atoms with Crippen LogP contribution in [0, 0.1) is 0 Å². The second-order valence-electron chi connectivity index (χ2n) is 4.75. The Kier molecular flexibility index (Phi) is 4.88. The van der Waals surface area contributed by atoms with Crippen molar-refractivity contribution in [3.8, 4) is 0 Å². The van der Waals surface area contributed by atoms with Gasteiger partial charge in [0.15, 0.2) is 0 Å². The van der Waals surface area contributed by atoms with Gasteiger partial charge in [0.25, 0.3) is 5.91 Å². The maximum atomic E-state index is 11.6. The summed E-state index contributed by atoms with van der Waals surface area (Å²) in [4.78, 5) is 23.2. The highest BCUT2D eigenvalue weighted by molar-refractivity contribution is 5.92. The van der Waals surface area contributed by atoms with E-state index >= 15 is 0 Å². The molecular formula is C12H20N4O2. The van der Waals surface area contributed by atoms with Crippen LogP contribution in [0.1, 0.15) is 38.2 Å². The predicted molar refractivity (Wildman–Crippen MR) is 68.1 cm³/mol. The van der Waals surface area contributed by atoms with E-state index in [1.807, 2.05) is 27.7 Å². The fraction of sp³-hybridized carbons (Fsp3) is 0.583. The number of carbonyl (C=O) groups is 2. The summed E-state index contributed by atoms with van der Waals surface area (Å²) in [6.45, 7) is 7.66. The molecule has 2 amide bonds. The fourth-order valence-electron chi connectivity index (χ4n) is 1.42. The Morgan fingerprint density at radius 2 is 1.83 bits per heavy atom. The molecule has 18 heavy (non-hydrogen) atoms. The molecule has 100 valence electrons. The third-order valence-corrected chi connectivity index (χ3v) is 2.05. The molecule has 0 fully saturated rings. The zero-order valence-corrected chi connectivity index (χ0v) is 11.2. The van der Waals surface area contributed by atoms with E-state index in [4.69, 9.17) is 0 Å². The van der Waals surface area contributed by atoms with Gasteiger partial charge in [-0.25, -0.2) is 0 Å². The van der Waals surface area contributed by atoms with Crippen LogP contribution in [0.25, 0.3) is 0 Å². The van der Waals surface area contributed by atoms with Crippen molar-refractivity contribution < 1.29 is 9.59 Å². The summed E-state index contributed by atoms with van der Waals surface area (Å²) < 4.78 is 1.45. The molecule has 0 bridgehead atoms.